The molecule has 1 fully saturated rings. The van der Waals surface area contributed by atoms with Crippen molar-refractivity contribution in [2.75, 3.05) is 11.4 Å². The van der Waals surface area contributed by atoms with Crippen LogP contribution in [0.25, 0.3) is 0 Å². The lowest BCUT2D eigenvalue weighted by atomic mass is 9.93. The molecule has 1 aromatic rings. The third-order valence-corrected chi connectivity index (χ3v) is 3.47. The summed E-state index contributed by atoms with van der Waals surface area (Å²) in [7, 11) is 0. The number of hydrogen-bond donors (Lipinski definition) is 1. The zero-order valence-corrected chi connectivity index (χ0v) is 9.28. The number of carbonyl (C=O) groups is 1. The van der Waals surface area contributed by atoms with E-state index in [2.05, 4.69) is 17.1 Å². The van der Waals surface area contributed by atoms with Crippen LogP contribution in [0.2, 0.25) is 0 Å². The van der Waals surface area contributed by atoms with E-state index >= 15 is 0 Å². The Hall–Kier alpha value is -1.17. The summed E-state index contributed by atoms with van der Waals surface area (Å²) < 4.78 is 0. The summed E-state index contributed by atoms with van der Waals surface area (Å²) in [6.07, 6.45) is 1.71. The molecule has 2 atom stereocenters. The van der Waals surface area contributed by atoms with Gasteiger partial charge in [0.25, 0.3) is 0 Å². The van der Waals surface area contributed by atoms with E-state index in [1.807, 2.05) is 4.90 Å². The van der Waals surface area contributed by atoms with E-state index in [0.717, 1.165) is 13.0 Å². The van der Waals surface area contributed by atoms with Crippen LogP contribution in [0.5, 0.6) is 0 Å². The number of hydrogen-bond acceptors (Lipinski definition) is 5. The second-order valence-electron chi connectivity index (χ2n) is 3.90. The van der Waals surface area contributed by atoms with Gasteiger partial charge in [0, 0.05) is 6.54 Å². The third kappa shape index (κ3) is 2.09. The minimum atomic E-state index is -0.767. The molecule has 15 heavy (non-hydrogen) atoms. The molecular weight excluding hydrogens is 214 g/mol. The lowest BCUT2D eigenvalue weighted by molar-refractivity contribution is -0.139. The Morgan fingerprint density at radius 2 is 2.53 bits per heavy atom. The van der Waals surface area contributed by atoms with Crippen molar-refractivity contribution in [3.63, 3.8) is 0 Å². The molecule has 0 radical (unpaired) electrons. The predicted octanol–water partition coefficient (Wildman–Crippen LogP) is 1.23. The zero-order valence-electron chi connectivity index (χ0n) is 8.46. The second kappa shape index (κ2) is 4.14. The SMILES string of the molecule is CC1CCN(c2nncs2)C(C(=O)O)C1. The van der Waals surface area contributed by atoms with E-state index < -0.39 is 12.0 Å². The fourth-order valence-corrected chi connectivity index (χ4v) is 2.53. The fourth-order valence-electron chi connectivity index (χ4n) is 1.90. The molecule has 0 aromatic carbocycles. The number of nitrogens with zero attached hydrogens (tertiary/aromatic N) is 3. The van der Waals surface area contributed by atoms with Crippen molar-refractivity contribution in [1.82, 2.24) is 10.2 Å². The molecule has 1 aromatic heterocycles. The molecule has 5 nitrogen and oxygen atoms in total. The summed E-state index contributed by atoms with van der Waals surface area (Å²) in [4.78, 5) is 13.0. The summed E-state index contributed by atoms with van der Waals surface area (Å²) >= 11 is 1.39. The van der Waals surface area contributed by atoms with Crippen molar-refractivity contribution in [3.05, 3.63) is 5.51 Å². The number of anilines is 1. The zero-order chi connectivity index (χ0) is 10.8. The standard InChI is InChI=1S/C9H13N3O2S/c1-6-2-3-12(7(4-6)8(13)14)9-11-10-5-15-9/h5-7H,2-4H2,1H3,(H,13,14). The summed E-state index contributed by atoms with van der Waals surface area (Å²) in [5.41, 5.74) is 1.63. The lowest BCUT2D eigenvalue weighted by Crippen LogP contribution is -2.46. The van der Waals surface area contributed by atoms with Gasteiger partial charge in [-0.25, -0.2) is 4.79 Å². The van der Waals surface area contributed by atoms with Crippen LogP contribution in [-0.4, -0.2) is 33.9 Å². The molecule has 1 saturated heterocycles. The molecule has 0 bridgehead atoms. The molecule has 0 amide bonds. The van der Waals surface area contributed by atoms with Gasteiger partial charge in [0.15, 0.2) is 0 Å². The van der Waals surface area contributed by atoms with Crippen molar-refractivity contribution in [3.8, 4) is 0 Å². The minimum absolute atomic E-state index is 0.443. The predicted molar refractivity (Wildman–Crippen MR) is 57.1 cm³/mol. The number of aromatic nitrogens is 2. The van der Waals surface area contributed by atoms with Crippen molar-refractivity contribution < 1.29 is 9.90 Å². The van der Waals surface area contributed by atoms with Crippen LogP contribution in [-0.2, 0) is 4.79 Å². The van der Waals surface area contributed by atoms with Crippen LogP contribution in [0.3, 0.4) is 0 Å². The Morgan fingerprint density at radius 1 is 1.73 bits per heavy atom. The van der Waals surface area contributed by atoms with Crippen LogP contribution in [0, 0.1) is 5.92 Å². The van der Waals surface area contributed by atoms with Crippen LogP contribution < -0.4 is 4.90 Å². The molecule has 2 heterocycles. The maximum absolute atomic E-state index is 11.1. The number of piperidine rings is 1. The van der Waals surface area contributed by atoms with E-state index in [9.17, 15) is 4.79 Å². The van der Waals surface area contributed by atoms with Crippen LogP contribution in [0.15, 0.2) is 5.51 Å². The molecule has 1 aliphatic rings. The van der Waals surface area contributed by atoms with Gasteiger partial charge in [-0.3, -0.25) is 0 Å². The van der Waals surface area contributed by atoms with Gasteiger partial charge in [-0.15, -0.1) is 10.2 Å². The second-order valence-corrected chi connectivity index (χ2v) is 4.71. The normalized spacial score (nSPS) is 26.6. The molecular formula is C9H13N3O2S. The quantitative estimate of drug-likeness (QED) is 0.823. The van der Waals surface area contributed by atoms with Gasteiger partial charge in [-0.2, -0.15) is 0 Å². The highest BCUT2D eigenvalue weighted by Crippen LogP contribution is 2.28. The van der Waals surface area contributed by atoms with Gasteiger partial charge >= 0.3 is 5.97 Å². The Morgan fingerprint density at radius 3 is 3.13 bits per heavy atom. The highest BCUT2D eigenvalue weighted by Gasteiger charge is 2.33. The van der Waals surface area contributed by atoms with Gasteiger partial charge in [-0.1, -0.05) is 18.3 Å². The molecule has 82 valence electrons. The van der Waals surface area contributed by atoms with Crippen molar-refractivity contribution >= 4 is 22.4 Å². The smallest absolute Gasteiger partial charge is 0.326 e. The Kier molecular flexibility index (Phi) is 2.86. The summed E-state index contributed by atoms with van der Waals surface area (Å²) in [6, 6.07) is -0.443. The molecule has 1 N–H and O–H groups in total. The van der Waals surface area contributed by atoms with Gasteiger partial charge in [0.1, 0.15) is 11.6 Å². The van der Waals surface area contributed by atoms with E-state index in [4.69, 9.17) is 5.11 Å². The number of rotatable bonds is 2. The van der Waals surface area contributed by atoms with E-state index in [-0.39, 0.29) is 0 Å². The highest BCUT2D eigenvalue weighted by molar-refractivity contribution is 7.13. The monoisotopic (exact) mass is 227 g/mol. The molecule has 0 spiro atoms. The Balaban J connectivity index is 2.19. The Bertz CT molecular complexity index is 341. The average molecular weight is 227 g/mol. The summed E-state index contributed by atoms with van der Waals surface area (Å²) in [5.74, 6) is -0.299. The van der Waals surface area contributed by atoms with Crippen molar-refractivity contribution in [2.45, 2.75) is 25.8 Å². The maximum atomic E-state index is 11.1. The van der Waals surface area contributed by atoms with Crippen molar-refractivity contribution in [2.24, 2.45) is 5.92 Å². The molecule has 6 heteroatoms. The average Bonchev–Trinajstić information content (AvgIpc) is 2.70. The van der Waals surface area contributed by atoms with E-state index in [1.165, 1.54) is 11.3 Å². The van der Waals surface area contributed by atoms with Crippen LogP contribution in [0.1, 0.15) is 19.8 Å². The van der Waals surface area contributed by atoms with Gasteiger partial charge in [0.05, 0.1) is 0 Å². The third-order valence-electron chi connectivity index (χ3n) is 2.74. The Labute approximate surface area is 91.7 Å². The van der Waals surface area contributed by atoms with E-state index in [0.29, 0.717) is 17.5 Å². The maximum Gasteiger partial charge on any atom is 0.326 e. The molecule has 0 saturated carbocycles. The topological polar surface area (TPSA) is 66.3 Å². The highest BCUT2D eigenvalue weighted by atomic mass is 32.1. The lowest BCUT2D eigenvalue weighted by Gasteiger charge is -2.35. The first-order chi connectivity index (χ1) is 7.18. The van der Waals surface area contributed by atoms with Gasteiger partial charge < -0.3 is 10.0 Å². The van der Waals surface area contributed by atoms with Gasteiger partial charge in [-0.05, 0) is 18.8 Å². The number of aliphatic carboxylic acids is 1. The van der Waals surface area contributed by atoms with Gasteiger partial charge in [0.2, 0.25) is 5.13 Å². The van der Waals surface area contributed by atoms with Crippen molar-refractivity contribution in [1.29, 1.82) is 0 Å². The molecule has 2 unspecified atom stereocenters. The first kappa shape index (κ1) is 10.4. The first-order valence-corrected chi connectivity index (χ1v) is 5.82. The molecule has 0 aliphatic carbocycles. The van der Waals surface area contributed by atoms with Crippen LogP contribution in [0.4, 0.5) is 5.13 Å². The van der Waals surface area contributed by atoms with Crippen LogP contribution >= 0.6 is 11.3 Å². The largest absolute Gasteiger partial charge is 0.480 e. The number of carboxylic acid groups (broad SMARTS) is 1. The number of carboxylic acids is 1. The molecule has 2 rings (SSSR count). The first-order valence-electron chi connectivity index (χ1n) is 4.94. The molecule has 1 aliphatic heterocycles. The fraction of sp³-hybridized carbons (Fsp3) is 0.667. The summed E-state index contributed by atoms with van der Waals surface area (Å²) in [5, 5.41) is 17.5. The minimum Gasteiger partial charge on any atom is -0.480 e. The van der Waals surface area contributed by atoms with E-state index in [1.54, 1.807) is 5.51 Å². The summed E-state index contributed by atoms with van der Waals surface area (Å²) in [6.45, 7) is 2.85.